The Balaban J connectivity index is 2.28. The summed E-state index contributed by atoms with van der Waals surface area (Å²) in [6, 6.07) is 5.98. The van der Waals surface area contributed by atoms with Gasteiger partial charge in [0.1, 0.15) is 11.7 Å². The van der Waals surface area contributed by atoms with Crippen LogP contribution in [0.5, 0.6) is 5.75 Å². The van der Waals surface area contributed by atoms with Gasteiger partial charge in [-0.05, 0) is 45.2 Å². The van der Waals surface area contributed by atoms with Gasteiger partial charge >= 0.3 is 11.9 Å². The maximum Gasteiger partial charge on any atom is 0.336 e. The van der Waals surface area contributed by atoms with Crippen LogP contribution in [0.2, 0.25) is 0 Å². The summed E-state index contributed by atoms with van der Waals surface area (Å²) in [7, 11) is 2.70. The number of ether oxygens (including phenoxy) is 4. The van der Waals surface area contributed by atoms with Crippen LogP contribution in [0.15, 0.2) is 34.5 Å². The molecule has 2 atom stereocenters. The number of rotatable bonds is 23. The summed E-state index contributed by atoms with van der Waals surface area (Å²) in [5.74, 6) is -1.89. The Labute approximate surface area is 272 Å². The summed E-state index contributed by atoms with van der Waals surface area (Å²) in [5, 5.41) is 0. The lowest BCUT2D eigenvalue weighted by Crippen LogP contribution is -2.37. The van der Waals surface area contributed by atoms with Gasteiger partial charge in [0.15, 0.2) is 0 Å². The van der Waals surface area contributed by atoms with Gasteiger partial charge in [-0.25, -0.2) is 4.79 Å². The Morgan fingerprint density at radius 2 is 1.49 bits per heavy atom. The van der Waals surface area contributed by atoms with Crippen LogP contribution in [0.3, 0.4) is 0 Å². The molecular weight excluding hydrogens is 568 g/mol. The van der Waals surface area contributed by atoms with Crippen molar-refractivity contribution >= 4 is 17.7 Å². The highest BCUT2D eigenvalue weighted by Crippen LogP contribution is 2.45. The number of hydrogen-bond donors (Lipinski definition) is 1. The monoisotopic (exact) mass is 628 g/mol. The highest BCUT2D eigenvalue weighted by atomic mass is 16.5. The van der Waals surface area contributed by atoms with Gasteiger partial charge in [0.2, 0.25) is 0 Å². The van der Waals surface area contributed by atoms with Crippen molar-refractivity contribution in [1.29, 1.82) is 0 Å². The van der Waals surface area contributed by atoms with E-state index in [1.807, 2.05) is 26.0 Å². The van der Waals surface area contributed by atoms with Gasteiger partial charge in [0.25, 0.3) is 0 Å². The predicted octanol–water partition coefficient (Wildman–Crippen LogP) is 7.86. The normalized spacial score (nSPS) is 16.6. The van der Waals surface area contributed by atoms with Crippen LogP contribution in [0, 0.1) is 5.92 Å². The zero-order chi connectivity index (χ0) is 33.0. The zero-order valence-electron chi connectivity index (χ0n) is 29.0. The van der Waals surface area contributed by atoms with Crippen molar-refractivity contribution < 1.29 is 28.5 Å². The summed E-state index contributed by atoms with van der Waals surface area (Å²) in [5.41, 5.74) is 8.79. The third-order valence-electron chi connectivity index (χ3n) is 8.46. The third-order valence-corrected chi connectivity index (χ3v) is 8.46. The molecule has 0 fully saturated rings. The highest BCUT2D eigenvalue weighted by Gasteiger charge is 2.45. The molecule has 0 spiro atoms. The smallest absolute Gasteiger partial charge is 0.336 e. The molecule has 8 heteroatoms. The Hall–Kier alpha value is -2.71. The average molecular weight is 629 g/mol. The van der Waals surface area contributed by atoms with E-state index >= 15 is 0 Å². The number of carbonyl (C=O) groups is 2. The molecule has 1 aromatic rings. The molecule has 254 valence electrons. The van der Waals surface area contributed by atoms with Gasteiger partial charge in [-0.2, -0.15) is 0 Å². The van der Waals surface area contributed by atoms with E-state index in [0.717, 1.165) is 30.4 Å². The lowest BCUT2D eigenvalue weighted by molar-refractivity contribution is -0.143. The summed E-state index contributed by atoms with van der Waals surface area (Å²) < 4.78 is 22.6. The third kappa shape index (κ3) is 12.5. The first-order valence-corrected chi connectivity index (χ1v) is 17.3. The van der Waals surface area contributed by atoms with Crippen molar-refractivity contribution in [2.24, 2.45) is 16.6 Å². The van der Waals surface area contributed by atoms with Crippen molar-refractivity contribution in [3.05, 3.63) is 40.6 Å². The Morgan fingerprint density at radius 1 is 0.889 bits per heavy atom. The number of benzene rings is 1. The molecule has 0 saturated heterocycles. The molecule has 2 N–H and O–H groups in total. The quantitative estimate of drug-likeness (QED) is 0.0970. The minimum atomic E-state index is -0.815. The van der Waals surface area contributed by atoms with Crippen LogP contribution in [-0.2, 0) is 30.2 Å². The van der Waals surface area contributed by atoms with E-state index in [4.69, 9.17) is 24.7 Å². The molecule has 1 aliphatic heterocycles. The lowest BCUT2D eigenvalue weighted by Gasteiger charge is -2.34. The molecule has 8 nitrogen and oxygen atoms in total. The maximum absolute atomic E-state index is 13.5. The van der Waals surface area contributed by atoms with Crippen molar-refractivity contribution in [2.45, 2.75) is 130 Å². The number of methoxy groups -OCH3 is 2. The van der Waals surface area contributed by atoms with Crippen molar-refractivity contribution in [2.75, 3.05) is 34.0 Å². The molecule has 0 aromatic heterocycles. The molecule has 1 aliphatic rings. The van der Waals surface area contributed by atoms with Crippen molar-refractivity contribution in [3.63, 3.8) is 0 Å². The fourth-order valence-corrected chi connectivity index (χ4v) is 6.24. The standard InChI is InChI=1S/C37H60N2O6/c1-7-8-9-10-11-12-13-14-15-16-17-18-19-21-29-22-20-23-31(45-27(2)3)33(29)35-32(36(40)42-5)28(4)39-30(26-44-25-24-38)34(35)37(41)43-6/h20,22-23,27,32,35H,7-19,21,24-26,38H2,1-6H3. The first-order chi connectivity index (χ1) is 21.8. The number of unbranched alkanes of at least 4 members (excludes halogenated alkanes) is 12. The lowest BCUT2D eigenvalue weighted by atomic mass is 9.73. The fraction of sp³-hybridized carbons (Fsp3) is 0.703. The zero-order valence-corrected chi connectivity index (χ0v) is 29.0. The Morgan fingerprint density at radius 3 is 2.02 bits per heavy atom. The predicted molar refractivity (Wildman–Crippen MR) is 182 cm³/mol. The van der Waals surface area contributed by atoms with Crippen LogP contribution in [0.25, 0.3) is 0 Å². The Bertz CT molecular complexity index is 1100. The van der Waals surface area contributed by atoms with E-state index in [2.05, 4.69) is 18.0 Å². The van der Waals surface area contributed by atoms with E-state index < -0.39 is 23.8 Å². The van der Waals surface area contributed by atoms with Gasteiger partial charge in [-0.3, -0.25) is 9.79 Å². The van der Waals surface area contributed by atoms with Crippen molar-refractivity contribution in [1.82, 2.24) is 0 Å². The molecule has 1 aromatic carbocycles. The molecule has 0 radical (unpaired) electrons. The largest absolute Gasteiger partial charge is 0.491 e. The molecular formula is C37H60N2O6. The molecule has 1 heterocycles. The number of aliphatic imine (C=N–C) groups is 1. The number of nitrogens with two attached hydrogens (primary N) is 1. The van der Waals surface area contributed by atoms with Gasteiger partial charge < -0.3 is 24.7 Å². The van der Waals surface area contributed by atoms with Gasteiger partial charge in [-0.15, -0.1) is 0 Å². The van der Waals surface area contributed by atoms with Gasteiger partial charge in [-0.1, -0.05) is 96.1 Å². The molecule has 45 heavy (non-hydrogen) atoms. The number of nitrogens with zero attached hydrogens (tertiary/aromatic N) is 1. The van der Waals surface area contributed by atoms with E-state index in [1.165, 1.54) is 84.8 Å². The second-order valence-electron chi connectivity index (χ2n) is 12.4. The van der Waals surface area contributed by atoms with Crippen LogP contribution in [0.4, 0.5) is 0 Å². The van der Waals surface area contributed by atoms with Crippen LogP contribution in [-0.4, -0.2) is 57.7 Å². The summed E-state index contributed by atoms with van der Waals surface area (Å²) in [4.78, 5) is 31.5. The van der Waals surface area contributed by atoms with Gasteiger partial charge in [0.05, 0.1) is 44.8 Å². The van der Waals surface area contributed by atoms with E-state index in [-0.39, 0.29) is 12.7 Å². The van der Waals surface area contributed by atoms with E-state index in [0.29, 0.717) is 35.9 Å². The first kappa shape index (κ1) is 38.5. The molecule has 2 unspecified atom stereocenters. The van der Waals surface area contributed by atoms with Gasteiger partial charge in [0, 0.05) is 23.7 Å². The first-order valence-electron chi connectivity index (χ1n) is 17.3. The summed E-state index contributed by atoms with van der Waals surface area (Å²) >= 11 is 0. The summed E-state index contributed by atoms with van der Waals surface area (Å²) in [6.07, 6.45) is 17.4. The molecule has 0 bridgehead atoms. The SMILES string of the molecule is CCCCCCCCCCCCCCCc1cccc(OC(C)C)c1C1C(C(=O)OC)=C(COCCN)N=C(C)C1C(=O)OC. The summed E-state index contributed by atoms with van der Waals surface area (Å²) in [6.45, 7) is 8.73. The van der Waals surface area contributed by atoms with E-state index in [9.17, 15) is 9.59 Å². The fourth-order valence-electron chi connectivity index (χ4n) is 6.24. The molecule has 2 rings (SSSR count). The van der Waals surface area contributed by atoms with Crippen LogP contribution < -0.4 is 10.5 Å². The minimum Gasteiger partial charge on any atom is -0.491 e. The van der Waals surface area contributed by atoms with Crippen molar-refractivity contribution in [3.8, 4) is 5.75 Å². The molecule has 0 amide bonds. The maximum atomic E-state index is 13.5. The average Bonchev–Trinajstić information content (AvgIpc) is 3.02. The topological polar surface area (TPSA) is 109 Å². The molecule has 0 aliphatic carbocycles. The Kier molecular flexibility index (Phi) is 18.7. The number of carbonyl (C=O) groups excluding carboxylic acids is 2. The number of aryl methyl sites for hydroxylation is 1. The number of esters is 2. The highest BCUT2D eigenvalue weighted by molar-refractivity contribution is 6.07. The number of hydrogen-bond acceptors (Lipinski definition) is 8. The second kappa shape index (κ2) is 21.9. The minimum absolute atomic E-state index is 0.0742. The molecule has 0 saturated carbocycles. The van der Waals surface area contributed by atoms with E-state index in [1.54, 1.807) is 6.92 Å². The van der Waals surface area contributed by atoms with Crippen LogP contribution in [0.1, 0.15) is 128 Å². The second-order valence-corrected chi connectivity index (χ2v) is 12.4. The van der Waals surface area contributed by atoms with Crippen LogP contribution >= 0.6 is 0 Å².